The zero-order valence-electron chi connectivity index (χ0n) is 33.2. The predicted molar refractivity (Wildman–Crippen MR) is 207 cm³/mol. The van der Waals surface area contributed by atoms with Crippen molar-refractivity contribution < 1.29 is 36.5 Å². The first-order valence-corrected chi connectivity index (χ1v) is 25.7. The van der Waals surface area contributed by atoms with Crippen molar-refractivity contribution in [2.45, 2.75) is 134 Å². The number of allylic oxidation sites excluding steroid dienone is 1. The van der Waals surface area contributed by atoms with E-state index in [0.29, 0.717) is 12.0 Å². The second-order valence-corrected chi connectivity index (χ2v) is 28.6. The first-order chi connectivity index (χ1) is 24.9. The molecule has 0 unspecified atom stereocenters. The Morgan fingerprint density at radius 3 is 2.20 bits per heavy atom. The molecule has 2 fully saturated rings. The summed E-state index contributed by atoms with van der Waals surface area (Å²) in [6.45, 7) is 22.4. The lowest BCUT2D eigenvalue weighted by molar-refractivity contribution is -0.0574. The summed E-state index contributed by atoms with van der Waals surface area (Å²) in [6.07, 6.45) is 2.21. The smallest absolute Gasteiger partial charge is 0.414 e. The number of aromatic nitrogens is 4. The number of H-pyrrole nitrogens is 2. The zero-order valence-corrected chi connectivity index (χ0v) is 36.1. The Labute approximate surface area is 317 Å². The maximum Gasteiger partial charge on any atom is 0.475 e. The number of aryl methyl sites for hydroxylation is 1. The van der Waals surface area contributed by atoms with Gasteiger partial charge in [0.1, 0.15) is 30.8 Å². The maximum absolute atomic E-state index is 14.7. The van der Waals surface area contributed by atoms with Gasteiger partial charge in [0.2, 0.25) is 0 Å². The summed E-state index contributed by atoms with van der Waals surface area (Å²) < 4.78 is 61.8. The summed E-state index contributed by atoms with van der Waals surface area (Å²) in [6, 6.07) is 1.24. The van der Waals surface area contributed by atoms with Gasteiger partial charge >= 0.3 is 19.2 Å². The Hall–Kier alpha value is -2.52. The summed E-state index contributed by atoms with van der Waals surface area (Å²) in [7, 11) is -9.09. The van der Waals surface area contributed by atoms with Crippen molar-refractivity contribution in [1.29, 1.82) is 0 Å². The lowest BCUT2D eigenvalue weighted by Gasteiger charge is -2.39. The molecule has 3 aliphatic heterocycles. The van der Waals surface area contributed by atoms with Gasteiger partial charge in [-0.05, 0) is 49.6 Å². The molecule has 5 heterocycles. The molecular weight excluding hydrogens is 756 g/mol. The number of rotatable bonds is 10. The van der Waals surface area contributed by atoms with E-state index in [-0.39, 0.29) is 36.3 Å². The van der Waals surface area contributed by atoms with Crippen LogP contribution in [-0.4, -0.2) is 80.0 Å². The van der Waals surface area contributed by atoms with E-state index in [2.05, 4.69) is 77.7 Å². The van der Waals surface area contributed by atoms with Gasteiger partial charge < -0.3 is 18.3 Å². The van der Waals surface area contributed by atoms with E-state index in [4.69, 9.17) is 31.9 Å². The topological polar surface area (TPSA) is 191 Å². The average Bonchev–Trinajstić information content (AvgIpc) is 3.61. The molecule has 0 spiro atoms. The van der Waals surface area contributed by atoms with Gasteiger partial charge in [0, 0.05) is 36.4 Å². The van der Waals surface area contributed by atoms with Crippen molar-refractivity contribution in [1.82, 2.24) is 19.1 Å². The van der Waals surface area contributed by atoms with Crippen LogP contribution in [0.25, 0.3) is 0 Å². The molecule has 8 atom stereocenters. The van der Waals surface area contributed by atoms with Gasteiger partial charge in [-0.25, -0.2) is 14.2 Å². The molecule has 5 rings (SSSR count). The van der Waals surface area contributed by atoms with E-state index in [1.807, 2.05) is 6.08 Å². The number of fused-ring (bicyclic) bond motifs is 1. The van der Waals surface area contributed by atoms with E-state index in [9.17, 15) is 23.7 Å². The molecule has 2 aromatic heterocycles. The molecule has 0 bridgehead atoms. The molecule has 19 heteroatoms. The Morgan fingerprint density at radius 1 is 0.889 bits per heavy atom. The first kappa shape index (κ1) is 42.6. The van der Waals surface area contributed by atoms with E-state index >= 15 is 0 Å². The minimum Gasteiger partial charge on any atom is -0.414 e. The Balaban J connectivity index is 1.45. The number of phosphoric acid groups is 1. The molecule has 54 heavy (non-hydrogen) atoms. The van der Waals surface area contributed by atoms with Crippen molar-refractivity contribution in [3.05, 3.63) is 77.9 Å². The van der Waals surface area contributed by atoms with Crippen LogP contribution in [0.1, 0.15) is 72.4 Å². The normalized spacial score (nSPS) is 30.4. The third-order valence-corrected chi connectivity index (χ3v) is 21.9. The third kappa shape index (κ3) is 9.36. The van der Waals surface area contributed by atoms with Crippen LogP contribution in [0.4, 0.5) is 0 Å². The summed E-state index contributed by atoms with van der Waals surface area (Å²) in [4.78, 5) is 54.6. The molecule has 0 aromatic carbocycles. The first-order valence-electron chi connectivity index (χ1n) is 18.4. The van der Waals surface area contributed by atoms with Crippen molar-refractivity contribution >= 4 is 24.5 Å². The number of hydrogen-bond acceptors (Lipinski definition) is 12. The molecular formula is C35H57N4O12PSi2. The van der Waals surface area contributed by atoms with Crippen LogP contribution in [0.2, 0.25) is 36.3 Å². The molecule has 2 saturated heterocycles. The molecule has 2 N–H and O–H groups in total. The Kier molecular flexibility index (Phi) is 12.5. The van der Waals surface area contributed by atoms with E-state index in [1.165, 1.54) is 27.6 Å². The largest absolute Gasteiger partial charge is 0.475 e. The van der Waals surface area contributed by atoms with Gasteiger partial charge in [0.25, 0.3) is 11.1 Å². The van der Waals surface area contributed by atoms with Gasteiger partial charge in [-0.1, -0.05) is 53.7 Å². The number of phosphoric ester groups is 1. The van der Waals surface area contributed by atoms with Crippen LogP contribution < -0.4 is 22.5 Å². The molecule has 0 amide bonds. The SMILES string of the molecule is Cc1cn([C@H]2C[C@H](O[Si](C)(C)C(C)(C)C)[C@@H](CO[P@@]3(=O)OC/C=C\C[C@@H]4[C@H](O3)[C@@H](CO[Si](C)(C)C(C)(C)C)O[C@H]4n3ccc(=O)[nH]c3=O)O2)c(=O)[nH]c1=O. The quantitative estimate of drug-likeness (QED) is 0.184. The monoisotopic (exact) mass is 812 g/mol. The second-order valence-electron chi connectivity index (χ2n) is 17.4. The molecule has 302 valence electrons. The molecule has 16 nitrogen and oxygen atoms in total. The van der Waals surface area contributed by atoms with Crippen LogP contribution in [0.5, 0.6) is 0 Å². The van der Waals surface area contributed by atoms with E-state index in [0.717, 1.165) is 0 Å². The van der Waals surface area contributed by atoms with Crippen LogP contribution in [0.3, 0.4) is 0 Å². The number of nitrogens with zero attached hydrogens (tertiary/aromatic N) is 2. The molecule has 0 aliphatic carbocycles. The molecule has 2 aromatic rings. The highest BCUT2D eigenvalue weighted by molar-refractivity contribution is 7.48. The number of ether oxygens (including phenoxy) is 2. The van der Waals surface area contributed by atoms with Gasteiger partial charge in [0.15, 0.2) is 16.6 Å². The Morgan fingerprint density at radius 2 is 1.56 bits per heavy atom. The molecule has 0 saturated carbocycles. The standard InChI is InChI=1S/C35H57N4O12PSi2/c1-22-19-39(33(43)37-30(22)41)28-18-24(51-54(10,11)35(5,6)7)25(48-28)20-46-52(44)45-17-13-12-14-23-29(50-52)26(21-47-53(8,9)34(2,3)4)49-31(23)38-16-15-27(40)36-32(38)42/h12-13,15-16,19,23-26,28-29,31H,14,17-18,20-21H2,1-11H3,(H,36,40,42)(H,37,41,43)/b13-12-/t23-,24+,25-,26-,28-,29+,31-,52-/m1/s1. The Bertz CT molecular complexity index is 1980. The van der Waals surface area contributed by atoms with Crippen molar-refractivity contribution in [2.24, 2.45) is 5.92 Å². The van der Waals surface area contributed by atoms with Gasteiger partial charge in [-0.15, -0.1) is 0 Å². The van der Waals surface area contributed by atoms with E-state index in [1.54, 1.807) is 13.0 Å². The number of nitrogens with one attached hydrogen (secondary N) is 2. The molecule has 0 radical (unpaired) electrons. The minimum absolute atomic E-state index is 0.0825. The van der Waals surface area contributed by atoms with Crippen LogP contribution in [0.15, 0.2) is 49.8 Å². The summed E-state index contributed by atoms with van der Waals surface area (Å²) >= 11 is 0. The zero-order chi connectivity index (χ0) is 40.0. The summed E-state index contributed by atoms with van der Waals surface area (Å²) in [5.74, 6) is -0.561. The average molecular weight is 813 g/mol. The fourth-order valence-corrected chi connectivity index (χ4v) is 9.86. The van der Waals surface area contributed by atoms with Gasteiger partial charge in [-0.3, -0.25) is 42.3 Å². The highest BCUT2D eigenvalue weighted by atomic mass is 31.2. The number of aromatic amines is 2. The highest BCUT2D eigenvalue weighted by Crippen LogP contribution is 2.56. The molecule has 3 aliphatic rings. The third-order valence-electron chi connectivity index (χ3n) is 11.4. The summed E-state index contributed by atoms with van der Waals surface area (Å²) in [5.41, 5.74) is -1.98. The van der Waals surface area contributed by atoms with Gasteiger partial charge in [-0.2, -0.15) is 0 Å². The number of hydrogen-bond donors (Lipinski definition) is 2. The lowest BCUT2D eigenvalue weighted by atomic mass is 9.96. The minimum atomic E-state index is -4.39. The fourth-order valence-electron chi connectivity index (χ4n) is 6.10. The van der Waals surface area contributed by atoms with Crippen LogP contribution in [0, 0.1) is 12.8 Å². The summed E-state index contributed by atoms with van der Waals surface area (Å²) in [5, 5.41) is -0.279. The lowest BCUT2D eigenvalue weighted by Crippen LogP contribution is -2.46. The predicted octanol–water partition coefficient (Wildman–Crippen LogP) is 5.09. The van der Waals surface area contributed by atoms with Crippen LogP contribution in [-0.2, 0) is 36.5 Å². The second kappa shape index (κ2) is 15.8. The van der Waals surface area contributed by atoms with Gasteiger partial charge in [0.05, 0.1) is 25.9 Å². The highest BCUT2D eigenvalue weighted by Gasteiger charge is 2.52. The fraction of sp³-hybridized carbons (Fsp3) is 0.714. The maximum atomic E-state index is 14.7. The van der Waals surface area contributed by atoms with E-state index < -0.39 is 89.7 Å². The van der Waals surface area contributed by atoms with Crippen molar-refractivity contribution in [3.63, 3.8) is 0 Å². The van der Waals surface area contributed by atoms with Crippen LogP contribution >= 0.6 is 7.82 Å². The van der Waals surface area contributed by atoms with Crippen molar-refractivity contribution in [3.8, 4) is 0 Å². The van der Waals surface area contributed by atoms with Crippen molar-refractivity contribution in [2.75, 3.05) is 19.8 Å².